The van der Waals surface area contributed by atoms with Crippen LogP contribution in [0.4, 0.5) is 0 Å². The fourth-order valence-electron chi connectivity index (χ4n) is 3.14. The quantitative estimate of drug-likeness (QED) is 0.572. The van der Waals surface area contributed by atoms with Crippen LogP contribution in [0.5, 0.6) is 11.5 Å². The largest absolute Gasteiger partial charge is 0.454 e. The number of fused-ring (bicyclic) bond motifs is 2. The van der Waals surface area contributed by atoms with E-state index in [-0.39, 0.29) is 18.0 Å². The summed E-state index contributed by atoms with van der Waals surface area (Å²) in [6, 6.07) is 13.6. The van der Waals surface area contributed by atoms with E-state index in [9.17, 15) is 4.79 Å². The number of methoxy groups -OCH3 is 1. The zero-order valence-electron chi connectivity index (χ0n) is 16.4. The number of thioether (sulfide) groups is 1. The van der Waals surface area contributed by atoms with E-state index >= 15 is 0 Å². The van der Waals surface area contributed by atoms with Crippen LogP contribution in [0.25, 0.3) is 11.0 Å². The van der Waals surface area contributed by atoms with Crippen molar-refractivity contribution in [3.8, 4) is 11.5 Å². The molecule has 1 aliphatic heterocycles. The standard InChI is InChI=1S/C21H23N3O4S/c1-14(20(25)22-12-15-7-8-18-19(11-15)28-13-27-18)29-21-23-16-5-3-4-6-17(16)24(21)9-10-26-2/h3-8,11,14H,9-10,12-13H2,1-2H3,(H,22,25)/t14-/m0/s1. The van der Waals surface area contributed by atoms with Gasteiger partial charge in [-0.1, -0.05) is 30.0 Å². The highest BCUT2D eigenvalue weighted by Gasteiger charge is 2.20. The number of aromatic nitrogens is 2. The maximum absolute atomic E-state index is 12.6. The normalized spacial score (nSPS) is 13.6. The van der Waals surface area contributed by atoms with Gasteiger partial charge < -0.3 is 24.1 Å². The SMILES string of the molecule is COCCn1c(S[C@@H](C)C(=O)NCc2ccc3c(c2)OCO3)nc2ccccc21. The van der Waals surface area contributed by atoms with Crippen LogP contribution in [0, 0.1) is 0 Å². The van der Waals surface area contributed by atoms with Crippen molar-refractivity contribution in [2.24, 2.45) is 0 Å². The molecule has 1 atom stereocenters. The first-order valence-corrected chi connectivity index (χ1v) is 10.3. The molecule has 0 saturated carbocycles. The van der Waals surface area contributed by atoms with Crippen molar-refractivity contribution in [3.63, 3.8) is 0 Å². The number of para-hydroxylation sites is 2. The lowest BCUT2D eigenvalue weighted by molar-refractivity contribution is -0.120. The molecule has 0 bridgehead atoms. The van der Waals surface area contributed by atoms with Gasteiger partial charge in [0.1, 0.15) is 0 Å². The first-order chi connectivity index (χ1) is 14.2. The second kappa shape index (κ2) is 8.75. The van der Waals surface area contributed by atoms with Crippen molar-refractivity contribution in [2.75, 3.05) is 20.5 Å². The summed E-state index contributed by atoms with van der Waals surface area (Å²) in [6.45, 7) is 3.83. The van der Waals surface area contributed by atoms with E-state index < -0.39 is 0 Å². The van der Waals surface area contributed by atoms with Gasteiger partial charge >= 0.3 is 0 Å². The Balaban J connectivity index is 1.42. The Morgan fingerprint density at radius 1 is 1.28 bits per heavy atom. The van der Waals surface area contributed by atoms with Gasteiger partial charge in [0, 0.05) is 20.2 Å². The molecule has 1 N–H and O–H groups in total. The molecule has 8 heteroatoms. The molecule has 0 radical (unpaired) electrons. The number of rotatable bonds is 8. The van der Waals surface area contributed by atoms with Crippen LogP contribution in [0.15, 0.2) is 47.6 Å². The average Bonchev–Trinajstić information content (AvgIpc) is 3.34. The van der Waals surface area contributed by atoms with E-state index in [4.69, 9.17) is 19.2 Å². The van der Waals surface area contributed by atoms with Crippen LogP contribution in [0.3, 0.4) is 0 Å². The highest BCUT2D eigenvalue weighted by atomic mass is 32.2. The minimum atomic E-state index is -0.290. The molecule has 0 unspecified atom stereocenters. The maximum Gasteiger partial charge on any atom is 0.233 e. The van der Waals surface area contributed by atoms with Crippen molar-refractivity contribution in [1.29, 1.82) is 0 Å². The van der Waals surface area contributed by atoms with Crippen molar-refractivity contribution in [2.45, 2.75) is 30.4 Å². The second-order valence-corrected chi connectivity index (χ2v) is 8.00. The van der Waals surface area contributed by atoms with E-state index in [0.29, 0.717) is 25.4 Å². The predicted molar refractivity (Wildman–Crippen MR) is 111 cm³/mol. The van der Waals surface area contributed by atoms with Gasteiger partial charge in [0.2, 0.25) is 12.7 Å². The number of imidazole rings is 1. The minimum absolute atomic E-state index is 0.0435. The van der Waals surface area contributed by atoms with Gasteiger partial charge in [-0.05, 0) is 36.8 Å². The van der Waals surface area contributed by atoms with E-state index in [1.165, 1.54) is 11.8 Å². The van der Waals surface area contributed by atoms with Crippen molar-refractivity contribution >= 4 is 28.7 Å². The number of benzene rings is 2. The molecule has 2 heterocycles. The second-order valence-electron chi connectivity index (χ2n) is 6.69. The van der Waals surface area contributed by atoms with Crippen LogP contribution in [-0.2, 0) is 22.6 Å². The van der Waals surface area contributed by atoms with Gasteiger partial charge in [-0.15, -0.1) is 0 Å². The number of amides is 1. The van der Waals surface area contributed by atoms with Crippen LogP contribution in [0.1, 0.15) is 12.5 Å². The smallest absolute Gasteiger partial charge is 0.233 e. The zero-order chi connectivity index (χ0) is 20.2. The molecule has 29 heavy (non-hydrogen) atoms. The Morgan fingerprint density at radius 2 is 2.10 bits per heavy atom. The van der Waals surface area contributed by atoms with E-state index in [2.05, 4.69) is 9.88 Å². The number of hydrogen-bond donors (Lipinski definition) is 1. The lowest BCUT2D eigenvalue weighted by Crippen LogP contribution is -2.30. The molecular weight excluding hydrogens is 390 g/mol. The van der Waals surface area contributed by atoms with E-state index in [0.717, 1.165) is 27.5 Å². The predicted octanol–water partition coefficient (Wildman–Crippen LogP) is 3.21. The van der Waals surface area contributed by atoms with Crippen molar-refractivity contribution in [3.05, 3.63) is 48.0 Å². The zero-order valence-corrected chi connectivity index (χ0v) is 17.2. The third-order valence-corrected chi connectivity index (χ3v) is 5.78. The summed E-state index contributed by atoms with van der Waals surface area (Å²) in [5.41, 5.74) is 2.92. The van der Waals surface area contributed by atoms with Crippen molar-refractivity contribution < 1.29 is 19.0 Å². The lowest BCUT2D eigenvalue weighted by atomic mass is 10.2. The molecule has 1 aromatic heterocycles. The molecule has 1 aliphatic rings. The number of nitrogens with one attached hydrogen (secondary N) is 1. The highest BCUT2D eigenvalue weighted by Crippen LogP contribution is 2.32. The first-order valence-electron chi connectivity index (χ1n) is 9.43. The van der Waals surface area contributed by atoms with Crippen LogP contribution >= 0.6 is 11.8 Å². The van der Waals surface area contributed by atoms with Gasteiger partial charge in [0.25, 0.3) is 0 Å². The molecule has 1 amide bonds. The average molecular weight is 413 g/mol. The Bertz CT molecular complexity index is 1020. The molecule has 0 aliphatic carbocycles. The lowest BCUT2D eigenvalue weighted by Gasteiger charge is -2.13. The monoisotopic (exact) mass is 413 g/mol. The molecular formula is C21H23N3O4S. The summed E-state index contributed by atoms with van der Waals surface area (Å²) in [4.78, 5) is 17.4. The number of nitrogens with zero attached hydrogens (tertiary/aromatic N) is 2. The Hall–Kier alpha value is -2.71. The molecule has 0 saturated heterocycles. The van der Waals surface area contributed by atoms with Crippen molar-refractivity contribution in [1.82, 2.24) is 14.9 Å². The molecule has 7 nitrogen and oxygen atoms in total. The Morgan fingerprint density at radius 3 is 2.97 bits per heavy atom. The Labute approximate surface area is 173 Å². The maximum atomic E-state index is 12.6. The van der Waals surface area contributed by atoms with Gasteiger partial charge in [-0.25, -0.2) is 4.98 Å². The van der Waals surface area contributed by atoms with Gasteiger partial charge in [0.05, 0.1) is 22.9 Å². The van der Waals surface area contributed by atoms with E-state index in [1.807, 2.05) is 49.4 Å². The molecule has 0 spiro atoms. The topological polar surface area (TPSA) is 74.6 Å². The summed E-state index contributed by atoms with van der Waals surface area (Å²) >= 11 is 1.45. The molecule has 4 rings (SSSR count). The minimum Gasteiger partial charge on any atom is -0.454 e. The van der Waals surface area contributed by atoms with Crippen LogP contribution in [-0.4, -0.2) is 41.2 Å². The number of hydrogen-bond acceptors (Lipinski definition) is 6. The van der Waals surface area contributed by atoms with Gasteiger partial charge in [-0.2, -0.15) is 0 Å². The number of carbonyl (C=O) groups excluding carboxylic acids is 1. The first kappa shape index (κ1) is 19.6. The summed E-state index contributed by atoms with van der Waals surface area (Å²) < 4.78 is 18.0. The summed E-state index contributed by atoms with van der Waals surface area (Å²) in [6.07, 6.45) is 0. The van der Waals surface area contributed by atoms with E-state index in [1.54, 1.807) is 7.11 Å². The third-order valence-electron chi connectivity index (χ3n) is 4.69. The van der Waals surface area contributed by atoms with Gasteiger partial charge in [-0.3, -0.25) is 4.79 Å². The number of carbonyl (C=O) groups is 1. The van der Waals surface area contributed by atoms with Crippen LogP contribution < -0.4 is 14.8 Å². The highest BCUT2D eigenvalue weighted by molar-refractivity contribution is 8.00. The fraction of sp³-hybridized carbons (Fsp3) is 0.333. The fourth-order valence-corrected chi connectivity index (χ4v) is 4.11. The third kappa shape index (κ3) is 4.33. The number of ether oxygens (including phenoxy) is 3. The molecule has 152 valence electrons. The summed E-state index contributed by atoms with van der Waals surface area (Å²) in [7, 11) is 1.68. The van der Waals surface area contributed by atoms with Crippen LogP contribution in [0.2, 0.25) is 0 Å². The van der Waals surface area contributed by atoms with Gasteiger partial charge in [0.15, 0.2) is 16.7 Å². The summed E-state index contributed by atoms with van der Waals surface area (Å²) in [5.74, 6) is 1.41. The Kier molecular flexibility index (Phi) is 5.92. The molecule has 2 aromatic carbocycles. The molecule has 0 fully saturated rings. The summed E-state index contributed by atoms with van der Waals surface area (Å²) in [5, 5.41) is 3.51. The molecule has 3 aromatic rings.